The van der Waals surface area contributed by atoms with Crippen LogP contribution in [-0.4, -0.2) is 17.3 Å². The molecule has 0 aliphatic carbocycles. The van der Waals surface area contributed by atoms with Gasteiger partial charge in [-0.15, -0.1) is 0 Å². The molecule has 0 spiro atoms. The van der Waals surface area contributed by atoms with Gasteiger partial charge >= 0.3 is 5.97 Å². The first-order valence-electron chi connectivity index (χ1n) is 6.69. The molecule has 4 heteroatoms. The molecule has 0 N–H and O–H groups in total. The lowest BCUT2D eigenvalue weighted by Gasteiger charge is -2.09. The summed E-state index contributed by atoms with van der Waals surface area (Å²) in [6, 6.07) is 15.2. The number of aryl methyl sites for hydroxylation is 1. The van der Waals surface area contributed by atoms with Crippen LogP contribution in [0.15, 0.2) is 53.4 Å². The number of esters is 1. The van der Waals surface area contributed by atoms with Crippen molar-refractivity contribution in [3.63, 3.8) is 0 Å². The van der Waals surface area contributed by atoms with Crippen LogP contribution >= 0.6 is 0 Å². The van der Waals surface area contributed by atoms with E-state index in [1.54, 1.807) is 0 Å². The van der Waals surface area contributed by atoms with Crippen molar-refractivity contribution in [2.24, 2.45) is 0 Å². The van der Waals surface area contributed by atoms with Crippen molar-refractivity contribution in [1.29, 1.82) is 0 Å². The highest BCUT2D eigenvalue weighted by Gasteiger charge is 2.11. The van der Waals surface area contributed by atoms with Gasteiger partial charge in [0, 0.05) is 4.90 Å². The predicted molar refractivity (Wildman–Crippen MR) is 83.5 cm³/mol. The van der Waals surface area contributed by atoms with E-state index in [0.717, 1.165) is 21.6 Å². The Morgan fingerprint density at radius 2 is 1.67 bits per heavy atom. The largest absolute Gasteiger partial charge is 0.469 e. The Balaban J connectivity index is 2.17. The van der Waals surface area contributed by atoms with E-state index in [1.807, 2.05) is 55.5 Å². The fourth-order valence-corrected chi connectivity index (χ4v) is 3.18. The average Bonchev–Trinajstić information content (AvgIpc) is 2.49. The predicted octanol–water partition coefficient (Wildman–Crippen LogP) is 3.02. The normalized spacial score (nSPS) is 11.9. The van der Waals surface area contributed by atoms with Gasteiger partial charge in [-0.2, -0.15) is 0 Å². The first kappa shape index (κ1) is 15.4. The monoisotopic (exact) mass is 302 g/mol. The van der Waals surface area contributed by atoms with Crippen LogP contribution in [-0.2, 0) is 32.5 Å². The van der Waals surface area contributed by atoms with E-state index < -0.39 is 10.8 Å². The number of hydrogen-bond acceptors (Lipinski definition) is 3. The number of benzene rings is 2. The maximum absolute atomic E-state index is 12.4. The first-order chi connectivity index (χ1) is 10.1. The molecule has 0 saturated carbocycles. The number of methoxy groups -OCH3 is 1. The Morgan fingerprint density at radius 1 is 1.05 bits per heavy atom. The zero-order valence-electron chi connectivity index (χ0n) is 12.2. The Hall–Kier alpha value is -1.94. The van der Waals surface area contributed by atoms with E-state index in [-0.39, 0.29) is 12.4 Å². The lowest BCUT2D eigenvalue weighted by molar-refractivity contribution is -0.139. The molecular weight excluding hydrogens is 284 g/mol. The number of hydrogen-bond donors (Lipinski definition) is 0. The number of carbonyl (C=O) groups is 1. The van der Waals surface area contributed by atoms with Gasteiger partial charge < -0.3 is 4.74 Å². The summed E-state index contributed by atoms with van der Waals surface area (Å²) in [6.45, 7) is 2.00. The van der Waals surface area contributed by atoms with Crippen LogP contribution in [0, 0.1) is 6.92 Å². The first-order valence-corrected chi connectivity index (χ1v) is 8.00. The van der Waals surface area contributed by atoms with E-state index in [1.165, 1.54) is 7.11 Å². The van der Waals surface area contributed by atoms with Crippen LogP contribution in [0.4, 0.5) is 0 Å². The van der Waals surface area contributed by atoms with E-state index in [4.69, 9.17) is 4.74 Å². The molecule has 3 nitrogen and oxygen atoms in total. The highest BCUT2D eigenvalue weighted by molar-refractivity contribution is 7.84. The second-order valence-corrected chi connectivity index (χ2v) is 6.28. The Kier molecular flexibility index (Phi) is 5.28. The van der Waals surface area contributed by atoms with Crippen LogP contribution < -0.4 is 0 Å². The second-order valence-electron chi connectivity index (χ2n) is 4.82. The van der Waals surface area contributed by atoms with Gasteiger partial charge in [0.25, 0.3) is 0 Å². The van der Waals surface area contributed by atoms with Gasteiger partial charge in [0.15, 0.2) is 0 Å². The van der Waals surface area contributed by atoms with Crippen LogP contribution in [0.5, 0.6) is 0 Å². The van der Waals surface area contributed by atoms with Gasteiger partial charge in [-0.25, -0.2) is 0 Å². The maximum atomic E-state index is 12.4. The van der Waals surface area contributed by atoms with Crippen LogP contribution in [0.3, 0.4) is 0 Å². The van der Waals surface area contributed by atoms with Crippen molar-refractivity contribution in [1.82, 2.24) is 0 Å². The number of carbonyl (C=O) groups excluding carboxylic acids is 1. The summed E-state index contributed by atoms with van der Waals surface area (Å²) < 4.78 is 17.1. The number of ether oxygens (including phenoxy) is 1. The molecule has 2 rings (SSSR count). The fraction of sp³-hybridized carbons (Fsp3) is 0.235. The van der Waals surface area contributed by atoms with Crippen molar-refractivity contribution in [3.8, 4) is 0 Å². The molecular formula is C17H18O3S. The van der Waals surface area contributed by atoms with Gasteiger partial charge in [0.2, 0.25) is 0 Å². The Bertz CT molecular complexity index is 647. The topological polar surface area (TPSA) is 43.4 Å². The van der Waals surface area contributed by atoms with Crippen LogP contribution in [0.2, 0.25) is 0 Å². The third-order valence-corrected chi connectivity index (χ3v) is 4.62. The van der Waals surface area contributed by atoms with Gasteiger partial charge in [-0.1, -0.05) is 42.0 Å². The summed E-state index contributed by atoms with van der Waals surface area (Å²) in [7, 11) is 0.249. The van der Waals surface area contributed by atoms with Gasteiger partial charge in [0.05, 0.1) is 30.1 Å². The van der Waals surface area contributed by atoms with Gasteiger partial charge in [-0.3, -0.25) is 9.00 Å². The summed E-state index contributed by atoms with van der Waals surface area (Å²) in [5, 5.41) is 0. The second kappa shape index (κ2) is 7.18. The van der Waals surface area contributed by atoms with Crippen LogP contribution in [0.1, 0.15) is 16.7 Å². The highest BCUT2D eigenvalue weighted by atomic mass is 32.2. The summed E-state index contributed by atoms with van der Waals surface area (Å²) >= 11 is 0. The van der Waals surface area contributed by atoms with Crippen molar-refractivity contribution in [2.45, 2.75) is 24.0 Å². The molecule has 2 aromatic carbocycles. The molecule has 0 radical (unpaired) electrons. The van der Waals surface area contributed by atoms with Gasteiger partial charge in [-0.05, 0) is 30.2 Å². The van der Waals surface area contributed by atoms with E-state index in [0.29, 0.717) is 5.75 Å². The lowest BCUT2D eigenvalue weighted by Crippen LogP contribution is -2.08. The van der Waals surface area contributed by atoms with Crippen molar-refractivity contribution < 1.29 is 13.7 Å². The minimum Gasteiger partial charge on any atom is -0.469 e. The molecule has 0 aromatic heterocycles. The minimum atomic E-state index is -1.12. The third kappa shape index (κ3) is 4.26. The van der Waals surface area contributed by atoms with Crippen molar-refractivity contribution in [2.75, 3.05) is 7.11 Å². The average molecular weight is 302 g/mol. The van der Waals surface area contributed by atoms with Gasteiger partial charge in [0.1, 0.15) is 0 Å². The summed E-state index contributed by atoms with van der Waals surface area (Å²) in [5.74, 6) is 0.111. The molecule has 0 aliphatic rings. The smallest absolute Gasteiger partial charge is 0.309 e. The van der Waals surface area contributed by atoms with E-state index in [2.05, 4.69) is 0 Å². The molecule has 0 bridgehead atoms. The van der Waals surface area contributed by atoms with Crippen molar-refractivity contribution in [3.05, 3.63) is 65.2 Å². The van der Waals surface area contributed by atoms with Crippen molar-refractivity contribution >= 4 is 16.8 Å². The minimum absolute atomic E-state index is 0.206. The number of rotatable bonds is 5. The van der Waals surface area contributed by atoms with E-state index >= 15 is 0 Å². The maximum Gasteiger partial charge on any atom is 0.309 e. The zero-order valence-corrected chi connectivity index (χ0v) is 13.0. The zero-order chi connectivity index (χ0) is 15.2. The molecule has 1 unspecified atom stereocenters. The molecule has 0 aliphatic heterocycles. The molecule has 1 atom stereocenters. The molecule has 0 fully saturated rings. The summed E-state index contributed by atoms with van der Waals surface area (Å²) in [4.78, 5) is 12.2. The fourth-order valence-electron chi connectivity index (χ4n) is 2.01. The van der Waals surface area contributed by atoms with Crippen LogP contribution in [0.25, 0.3) is 0 Å². The molecule has 0 heterocycles. The Labute approximate surface area is 127 Å². The molecule has 0 saturated heterocycles. The SMILES string of the molecule is COC(=O)Cc1ccccc1CS(=O)c1ccc(C)cc1. The quantitative estimate of drug-likeness (QED) is 0.797. The van der Waals surface area contributed by atoms with E-state index in [9.17, 15) is 9.00 Å². The highest BCUT2D eigenvalue weighted by Crippen LogP contribution is 2.17. The molecule has 21 heavy (non-hydrogen) atoms. The molecule has 0 amide bonds. The third-order valence-electron chi connectivity index (χ3n) is 3.25. The standard InChI is InChI=1S/C17H18O3S/c1-13-7-9-16(10-8-13)21(19)12-15-6-4-3-5-14(15)11-17(18)20-2/h3-10H,11-12H2,1-2H3. The summed E-state index contributed by atoms with van der Waals surface area (Å²) in [5.41, 5.74) is 2.92. The lowest BCUT2D eigenvalue weighted by atomic mass is 10.1. The molecule has 110 valence electrons. The Morgan fingerprint density at radius 3 is 2.29 bits per heavy atom. The summed E-state index contributed by atoms with van der Waals surface area (Å²) in [6.07, 6.45) is 0.206. The molecule has 2 aromatic rings.